The molecule has 0 radical (unpaired) electrons. The highest BCUT2D eigenvalue weighted by atomic mass is 19.1. The minimum Gasteiger partial charge on any atom is -0.368 e. The number of amides is 1. The van der Waals surface area contributed by atoms with Crippen LogP contribution in [0.25, 0.3) is 0 Å². The minimum atomic E-state index is -0.292. The summed E-state index contributed by atoms with van der Waals surface area (Å²) in [6, 6.07) is 8.44. The van der Waals surface area contributed by atoms with E-state index in [1.54, 1.807) is 18.2 Å². The van der Waals surface area contributed by atoms with Crippen molar-refractivity contribution < 1.29 is 9.18 Å². The number of nitrogens with zero attached hydrogens (tertiary/aromatic N) is 3. The first-order chi connectivity index (χ1) is 13.0. The van der Waals surface area contributed by atoms with Crippen LogP contribution in [0, 0.1) is 18.7 Å². The van der Waals surface area contributed by atoms with Crippen LogP contribution in [-0.4, -0.2) is 29.0 Å². The highest BCUT2D eigenvalue weighted by Gasteiger charge is 2.22. The van der Waals surface area contributed by atoms with Crippen LogP contribution in [0.2, 0.25) is 0 Å². The topological polar surface area (TPSA) is 84.1 Å². The van der Waals surface area contributed by atoms with Gasteiger partial charge in [0, 0.05) is 43.4 Å². The fourth-order valence-corrected chi connectivity index (χ4v) is 3.50. The molecule has 3 rings (SSSR count). The van der Waals surface area contributed by atoms with Gasteiger partial charge in [-0.15, -0.1) is 0 Å². The fraction of sp³-hybridized carbons (Fsp3) is 0.450. The summed E-state index contributed by atoms with van der Waals surface area (Å²) in [5, 5.41) is 2.81. The Morgan fingerprint density at radius 2 is 2.19 bits per heavy atom. The molecule has 1 aromatic carbocycles. The number of nitrogens with two attached hydrogens (primary N) is 1. The standard InChI is InChI=1S/C20H26FN5O/c1-14-11-18(25-20(22)24-14)26-10-4-5-15(13-26)8-9-19(27)23-12-16-6-2-3-7-17(16)21/h2-3,6-7,11,15H,4-5,8-10,12-13H2,1H3,(H,23,27)(H2,22,24,25)/t15-/m1/s1. The Kier molecular flexibility index (Phi) is 6.21. The molecular weight excluding hydrogens is 345 g/mol. The summed E-state index contributed by atoms with van der Waals surface area (Å²) in [7, 11) is 0. The van der Waals surface area contributed by atoms with Crippen LogP contribution in [-0.2, 0) is 11.3 Å². The Balaban J connectivity index is 1.47. The second kappa shape index (κ2) is 8.79. The van der Waals surface area contributed by atoms with Gasteiger partial charge in [0.05, 0.1) is 0 Å². The molecule has 3 N–H and O–H groups in total. The number of benzene rings is 1. The minimum absolute atomic E-state index is 0.0440. The van der Waals surface area contributed by atoms with Crippen LogP contribution in [0.4, 0.5) is 16.2 Å². The maximum absolute atomic E-state index is 13.6. The Labute approximate surface area is 159 Å². The molecule has 0 saturated carbocycles. The molecule has 7 heteroatoms. The van der Waals surface area contributed by atoms with Gasteiger partial charge in [-0.05, 0) is 38.2 Å². The maximum Gasteiger partial charge on any atom is 0.222 e. The van der Waals surface area contributed by atoms with Crippen molar-refractivity contribution in [1.29, 1.82) is 0 Å². The number of nitrogen functional groups attached to an aromatic ring is 1. The van der Waals surface area contributed by atoms with Gasteiger partial charge in [0.25, 0.3) is 0 Å². The third-order valence-corrected chi connectivity index (χ3v) is 4.91. The van der Waals surface area contributed by atoms with Gasteiger partial charge >= 0.3 is 0 Å². The third-order valence-electron chi connectivity index (χ3n) is 4.91. The molecule has 0 aliphatic carbocycles. The zero-order chi connectivity index (χ0) is 19.2. The van der Waals surface area contributed by atoms with E-state index in [9.17, 15) is 9.18 Å². The predicted molar refractivity (Wildman–Crippen MR) is 104 cm³/mol. The van der Waals surface area contributed by atoms with Gasteiger partial charge in [-0.3, -0.25) is 4.79 Å². The Morgan fingerprint density at radius 1 is 1.37 bits per heavy atom. The van der Waals surface area contributed by atoms with Crippen molar-refractivity contribution in [3.05, 3.63) is 47.4 Å². The van der Waals surface area contributed by atoms with E-state index < -0.39 is 0 Å². The van der Waals surface area contributed by atoms with Gasteiger partial charge in [-0.2, -0.15) is 4.98 Å². The van der Waals surface area contributed by atoms with Gasteiger partial charge in [0.2, 0.25) is 11.9 Å². The first-order valence-electron chi connectivity index (χ1n) is 9.37. The van der Waals surface area contributed by atoms with E-state index >= 15 is 0 Å². The normalized spacial score (nSPS) is 17.0. The molecule has 1 aromatic heterocycles. The Hall–Kier alpha value is -2.70. The molecule has 2 aromatic rings. The largest absolute Gasteiger partial charge is 0.368 e. The van der Waals surface area contributed by atoms with Crippen molar-refractivity contribution in [2.75, 3.05) is 23.7 Å². The molecule has 144 valence electrons. The number of hydrogen-bond acceptors (Lipinski definition) is 5. The number of aromatic nitrogens is 2. The first-order valence-corrected chi connectivity index (χ1v) is 9.37. The number of nitrogens with one attached hydrogen (secondary N) is 1. The van der Waals surface area contributed by atoms with E-state index in [1.165, 1.54) is 6.07 Å². The summed E-state index contributed by atoms with van der Waals surface area (Å²) in [5.74, 6) is 1.24. The maximum atomic E-state index is 13.6. The zero-order valence-electron chi connectivity index (χ0n) is 15.6. The zero-order valence-corrected chi connectivity index (χ0v) is 15.6. The molecule has 0 bridgehead atoms. The molecule has 1 aliphatic rings. The molecule has 27 heavy (non-hydrogen) atoms. The van der Waals surface area contributed by atoms with Crippen molar-refractivity contribution in [3.63, 3.8) is 0 Å². The number of piperidine rings is 1. The average Bonchev–Trinajstić information content (AvgIpc) is 2.65. The number of halogens is 1. The highest BCUT2D eigenvalue weighted by molar-refractivity contribution is 5.75. The van der Waals surface area contributed by atoms with Gasteiger partial charge in [0.15, 0.2) is 0 Å². The number of carbonyl (C=O) groups excluding carboxylic acids is 1. The van der Waals surface area contributed by atoms with E-state index in [-0.39, 0.29) is 18.3 Å². The summed E-state index contributed by atoms with van der Waals surface area (Å²) >= 11 is 0. The number of hydrogen-bond donors (Lipinski definition) is 2. The van der Waals surface area contributed by atoms with Gasteiger partial charge in [0.1, 0.15) is 11.6 Å². The highest BCUT2D eigenvalue weighted by Crippen LogP contribution is 2.25. The summed E-state index contributed by atoms with van der Waals surface area (Å²) in [6.07, 6.45) is 3.40. The molecule has 1 amide bonds. The van der Waals surface area contributed by atoms with Crippen molar-refractivity contribution in [1.82, 2.24) is 15.3 Å². The molecule has 0 unspecified atom stereocenters. The van der Waals surface area contributed by atoms with E-state index in [0.717, 1.165) is 43.9 Å². The summed E-state index contributed by atoms with van der Waals surface area (Å²) in [4.78, 5) is 22.8. The van der Waals surface area contributed by atoms with Crippen LogP contribution in [0.1, 0.15) is 36.9 Å². The van der Waals surface area contributed by atoms with Crippen molar-refractivity contribution in [2.45, 2.75) is 39.2 Å². The van der Waals surface area contributed by atoms with Gasteiger partial charge < -0.3 is 16.0 Å². The van der Waals surface area contributed by atoms with Gasteiger partial charge in [-0.1, -0.05) is 18.2 Å². The van der Waals surface area contributed by atoms with Crippen molar-refractivity contribution in [3.8, 4) is 0 Å². The van der Waals surface area contributed by atoms with Crippen LogP contribution in [0.15, 0.2) is 30.3 Å². The molecule has 1 atom stereocenters. The summed E-state index contributed by atoms with van der Waals surface area (Å²) < 4.78 is 13.6. The molecular formula is C20H26FN5O. The quantitative estimate of drug-likeness (QED) is 0.816. The van der Waals surface area contributed by atoms with E-state index in [2.05, 4.69) is 20.2 Å². The second-order valence-corrected chi connectivity index (χ2v) is 7.09. The molecule has 1 fully saturated rings. The van der Waals surface area contributed by atoms with Crippen molar-refractivity contribution >= 4 is 17.7 Å². The average molecular weight is 371 g/mol. The van der Waals surface area contributed by atoms with E-state index in [4.69, 9.17) is 5.73 Å². The third kappa shape index (κ3) is 5.39. The van der Waals surface area contributed by atoms with E-state index in [1.807, 2.05) is 13.0 Å². The number of rotatable bonds is 6. The van der Waals surface area contributed by atoms with Crippen molar-refractivity contribution in [2.24, 2.45) is 5.92 Å². The second-order valence-electron chi connectivity index (χ2n) is 7.09. The smallest absolute Gasteiger partial charge is 0.222 e. The number of carbonyl (C=O) groups is 1. The lowest BCUT2D eigenvalue weighted by Crippen LogP contribution is -2.36. The Morgan fingerprint density at radius 3 is 2.96 bits per heavy atom. The SMILES string of the molecule is Cc1cc(N2CCC[C@H](CCC(=O)NCc3ccccc3F)C2)nc(N)n1. The monoisotopic (exact) mass is 371 g/mol. The van der Waals surface area contributed by atoms with E-state index in [0.29, 0.717) is 23.9 Å². The fourth-order valence-electron chi connectivity index (χ4n) is 3.50. The number of aryl methyl sites for hydroxylation is 1. The molecule has 1 saturated heterocycles. The lowest BCUT2D eigenvalue weighted by molar-refractivity contribution is -0.121. The van der Waals surface area contributed by atoms with Crippen LogP contribution < -0.4 is 16.0 Å². The number of anilines is 2. The Bertz CT molecular complexity index is 777. The lowest BCUT2D eigenvalue weighted by Gasteiger charge is -2.33. The summed E-state index contributed by atoms with van der Waals surface area (Å²) in [5.41, 5.74) is 7.12. The molecule has 0 spiro atoms. The first kappa shape index (κ1) is 19.1. The predicted octanol–water partition coefficient (Wildman–Crippen LogP) is 2.82. The van der Waals surface area contributed by atoms with Gasteiger partial charge in [-0.25, -0.2) is 9.37 Å². The van der Waals surface area contributed by atoms with Crippen LogP contribution >= 0.6 is 0 Å². The molecule has 6 nitrogen and oxygen atoms in total. The molecule has 2 heterocycles. The van der Waals surface area contributed by atoms with Crippen LogP contribution in [0.5, 0.6) is 0 Å². The van der Waals surface area contributed by atoms with Crippen LogP contribution in [0.3, 0.4) is 0 Å². The summed E-state index contributed by atoms with van der Waals surface area (Å²) in [6.45, 7) is 3.92. The lowest BCUT2D eigenvalue weighted by atomic mass is 9.93. The molecule has 1 aliphatic heterocycles.